The van der Waals surface area contributed by atoms with Crippen molar-refractivity contribution >= 4 is 57.1 Å². The number of benzene rings is 2. The molecule has 3 aromatic rings. The molecular formula is C20H21N5O3S2. The second-order valence-corrected chi connectivity index (χ2v) is 8.77. The van der Waals surface area contributed by atoms with E-state index in [1.165, 1.54) is 30.0 Å². The highest BCUT2D eigenvalue weighted by Gasteiger charge is 2.18. The molecular weight excluding hydrogens is 422 g/mol. The second kappa shape index (κ2) is 10.1. The van der Waals surface area contributed by atoms with Crippen LogP contribution >= 0.6 is 23.1 Å². The Labute approximate surface area is 182 Å². The van der Waals surface area contributed by atoms with Gasteiger partial charge in [0.05, 0.1) is 18.0 Å². The minimum atomic E-state index is -0.368. The van der Waals surface area contributed by atoms with Crippen molar-refractivity contribution in [2.24, 2.45) is 0 Å². The molecule has 10 heteroatoms. The predicted molar refractivity (Wildman–Crippen MR) is 121 cm³/mol. The van der Waals surface area contributed by atoms with E-state index >= 15 is 0 Å². The van der Waals surface area contributed by atoms with Gasteiger partial charge in [0, 0.05) is 18.3 Å². The van der Waals surface area contributed by atoms with Crippen molar-refractivity contribution < 1.29 is 14.3 Å². The molecule has 0 aliphatic heterocycles. The molecule has 0 aliphatic carbocycles. The van der Waals surface area contributed by atoms with E-state index in [9.17, 15) is 9.59 Å². The third-order valence-electron chi connectivity index (χ3n) is 3.87. The molecule has 0 radical (unpaired) electrons. The number of amides is 2. The van der Waals surface area contributed by atoms with Crippen LogP contribution in [0.2, 0.25) is 0 Å². The highest BCUT2D eigenvalue weighted by molar-refractivity contribution is 8.02. The Hall–Kier alpha value is -3.11. The summed E-state index contributed by atoms with van der Waals surface area (Å²) in [4.78, 5) is 23.6. The van der Waals surface area contributed by atoms with Crippen LogP contribution in [0, 0.1) is 0 Å². The lowest BCUT2D eigenvalue weighted by Gasteiger charge is -2.11. The van der Waals surface area contributed by atoms with E-state index in [4.69, 9.17) is 4.74 Å². The van der Waals surface area contributed by atoms with Crippen molar-refractivity contribution in [3.63, 3.8) is 0 Å². The molecule has 156 valence electrons. The predicted octanol–water partition coefficient (Wildman–Crippen LogP) is 4.37. The van der Waals surface area contributed by atoms with E-state index < -0.39 is 0 Å². The van der Waals surface area contributed by atoms with Crippen LogP contribution < -0.4 is 20.7 Å². The Morgan fingerprint density at radius 1 is 1.03 bits per heavy atom. The first-order valence-electron chi connectivity index (χ1n) is 9.03. The number of hydrogen-bond donors (Lipinski definition) is 3. The summed E-state index contributed by atoms with van der Waals surface area (Å²) in [5.41, 5.74) is 2.12. The van der Waals surface area contributed by atoms with Gasteiger partial charge in [-0.2, -0.15) is 0 Å². The van der Waals surface area contributed by atoms with Crippen LogP contribution in [-0.2, 0) is 9.59 Å². The molecule has 0 unspecified atom stereocenters. The fourth-order valence-electron chi connectivity index (χ4n) is 2.46. The fourth-order valence-corrected chi connectivity index (χ4v) is 4.37. The minimum Gasteiger partial charge on any atom is -0.495 e. The van der Waals surface area contributed by atoms with Crippen molar-refractivity contribution in [1.82, 2.24) is 10.2 Å². The van der Waals surface area contributed by atoms with Crippen LogP contribution in [0.15, 0.2) is 52.9 Å². The van der Waals surface area contributed by atoms with Gasteiger partial charge >= 0.3 is 0 Å². The molecule has 0 spiro atoms. The zero-order chi connectivity index (χ0) is 21.5. The van der Waals surface area contributed by atoms with E-state index in [0.717, 1.165) is 5.69 Å². The van der Waals surface area contributed by atoms with Crippen LogP contribution in [0.3, 0.4) is 0 Å². The number of carbonyl (C=O) groups excluding carboxylic acids is 2. The van der Waals surface area contributed by atoms with Crippen molar-refractivity contribution in [2.75, 3.05) is 23.1 Å². The normalized spacial score (nSPS) is 11.4. The van der Waals surface area contributed by atoms with Gasteiger partial charge in [-0.05, 0) is 43.3 Å². The van der Waals surface area contributed by atoms with Crippen LogP contribution in [0.25, 0.3) is 0 Å². The zero-order valence-electron chi connectivity index (χ0n) is 16.6. The Kier molecular flexibility index (Phi) is 7.26. The molecule has 0 bridgehead atoms. The van der Waals surface area contributed by atoms with Gasteiger partial charge in [0.15, 0.2) is 4.34 Å². The molecule has 8 nitrogen and oxygen atoms in total. The topological polar surface area (TPSA) is 105 Å². The van der Waals surface area contributed by atoms with Crippen molar-refractivity contribution in [2.45, 2.75) is 23.4 Å². The third-order valence-corrected chi connectivity index (χ3v) is 5.90. The maximum absolute atomic E-state index is 12.5. The highest BCUT2D eigenvalue weighted by Crippen LogP contribution is 2.33. The summed E-state index contributed by atoms with van der Waals surface area (Å²) in [6.07, 6.45) is 0. The highest BCUT2D eigenvalue weighted by atomic mass is 32.2. The zero-order valence-corrected chi connectivity index (χ0v) is 18.3. The summed E-state index contributed by atoms with van der Waals surface area (Å²) in [7, 11) is 1.61. The van der Waals surface area contributed by atoms with Crippen molar-refractivity contribution in [3.8, 4) is 5.75 Å². The van der Waals surface area contributed by atoms with Gasteiger partial charge < -0.3 is 20.7 Å². The van der Waals surface area contributed by atoms with Gasteiger partial charge in [-0.25, -0.2) is 0 Å². The Morgan fingerprint density at radius 3 is 2.37 bits per heavy atom. The van der Waals surface area contributed by atoms with Gasteiger partial charge in [-0.1, -0.05) is 35.2 Å². The first-order chi connectivity index (χ1) is 14.4. The molecule has 0 fully saturated rings. The maximum Gasteiger partial charge on any atom is 0.237 e. The van der Waals surface area contributed by atoms with E-state index in [2.05, 4.69) is 26.1 Å². The summed E-state index contributed by atoms with van der Waals surface area (Å²) < 4.78 is 6.00. The first-order valence-corrected chi connectivity index (χ1v) is 10.7. The van der Waals surface area contributed by atoms with Crippen LogP contribution in [-0.4, -0.2) is 34.4 Å². The number of nitrogens with one attached hydrogen (secondary N) is 3. The molecule has 30 heavy (non-hydrogen) atoms. The van der Waals surface area contributed by atoms with E-state index in [0.29, 0.717) is 26.6 Å². The number of ether oxygens (including phenoxy) is 1. The quantitative estimate of drug-likeness (QED) is 0.444. The number of para-hydroxylation sites is 2. The first kappa shape index (κ1) is 21.6. The molecule has 0 saturated heterocycles. The van der Waals surface area contributed by atoms with Crippen LogP contribution in [0.1, 0.15) is 13.8 Å². The number of carbonyl (C=O) groups is 2. The lowest BCUT2D eigenvalue weighted by atomic mass is 10.2. The average Bonchev–Trinajstić information content (AvgIpc) is 3.16. The molecule has 0 aliphatic rings. The molecule has 2 amide bonds. The summed E-state index contributed by atoms with van der Waals surface area (Å²) >= 11 is 2.69. The number of thioether (sulfide) groups is 1. The summed E-state index contributed by atoms with van der Waals surface area (Å²) in [5, 5.41) is 17.2. The van der Waals surface area contributed by atoms with E-state index in [-0.39, 0.29) is 17.1 Å². The Balaban J connectivity index is 1.56. The van der Waals surface area contributed by atoms with Gasteiger partial charge in [-0.15, -0.1) is 10.2 Å². The molecule has 0 saturated carbocycles. The minimum absolute atomic E-state index is 0.145. The van der Waals surface area contributed by atoms with Crippen LogP contribution in [0.4, 0.5) is 22.2 Å². The summed E-state index contributed by atoms with van der Waals surface area (Å²) in [6.45, 7) is 3.25. The Bertz CT molecular complexity index is 1020. The summed E-state index contributed by atoms with van der Waals surface area (Å²) in [5.74, 6) is 0.411. The van der Waals surface area contributed by atoms with Gasteiger partial charge in [-0.3, -0.25) is 9.59 Å². The van der Waals surface area contributed by atoms with Gasteiger partial charge in [0.1, 0.15) is 5.75 Å². The van der Waals surface area contributed by atoms with E-state index in [1.807, 2.05) is 24.3 Å². The average molecular weight is 444 g/mol. The Morgan fingerprint density at radius 2 is 1.70 bits per heavy atom. The number of nitrogens with zero attached hydrogens (tertiary/aromatic N) is 2. The lowest BCUT2D eigenvalue weighted by molar-refractivity contribution is -0.115. The molecule has 2 aromatic carbocycles. The van der Waals surface area contributed by atoms with Crippen molar-refractivity contribution in [3.05, 3.63) is 48.5 Å². The number of hydrogen-bond acceptors (Lipinski definition) is 8. The fraction of sp³-hybridized carbons (Fsp3) is 0.200. The lowest BCUT2D eigenvalue weighted by Crippen LogP contribution is -2.22. The SMILES string of the molecule is COc1ccccc1Nc1nnc(S[C@@H](C)C(=O)Nc2ccc(NC(C)=O)cc2)s1. The monoisotopic (exact) mass is 443 g/mol. The molecule has 1 aromatic heterocycles. The summed E-state index contributed by atoms with van der Waals surface area (Å²) in [6, 6.07) is 14.5. The molecule has 1 heterocycles. The maximum atomic E-state index is 12.5. The number of methoxy groups -OCH3 is 1. The van der Waals surface area contributed by atoms with Crippen molar-refractivity contribution in [1.29, 1.82) is 0 Å². The van der Waals surface area contributed by atoms with Crippen LogP contribution in [0.5, 0.6) is 5.75 Å². The molecule has 3 N–H and O–H groups in total. The van der Waals surface area contributed by atoms with Gasteiger partial charge in [0.25, 0.3) is 0 Å². The number of aromatic nitrogens is 2. The van der Waals surface area contributed by atoms with E-state index in [1.54, 1.807) is 38.3 Å². The molecule has 1 atom stereocenters. The second-order valence-electron chi connectivity index (χ2n) is 6.21. The molecule has 3 rings (SSSR count). The largest absolute Gasteiger partial charge is 0.495 e. The third kappa shape index (κ3) is 5.94. The number of anilines is 4. The smallest absolute Gasteiger partial charge is 0.237 e. The standard InChI is InChI=1S/C20H21N5O3S2/c1-12(18(27)22-15-10-8-14(9-11-15)21-13(2)26)29-20-25-24-19(30-20)23-16-6-4-5-7-17(16)28-3/h4-12H,1-3H3,(H,21,26)(H,22,27)(H,23,24)/t12-/m0/s1. The van der Waals surface area contributed by atoms with Gasteiger partial charge in [0.2, 0.25) is 16.9 Å². The number of rotatable bonds is 8.